The normalized spacial score (nSPS) is 22.0. The highest BCUT2D eigenvalue weighted by Gasteiger charge is 2.25. The van der Waals surface area contributed by atoms with Gasteiger partial charge in [0.1, 0.15) is 0 Å². The van der Waals surface area contributed by atoms with Gasteiger partial charge in [-0.2, -0.15) is 0 Å². The molecule has 1 aromatic heterocycles. The van der Waals surface area contributed by atoms with Crippen LogP contribution in [0.3, 0.4) is 0 Å². The van der Waals surface area contributed by atoms with Crippen LogP contribution in [0.1, 0.15) is 16.9 Å². The molecule has 1 amide bonds. The Hall–Kier alpha value is -0.920. The molecule has 1 saturated heterocycles. The van der Waals surface area contributed by atoms with Crippen LogP contribution in [-0.2, 0) is 16.1 Å². The average Bonchev–Trinajstić information content (AvgIpc) is 2.94. The third-order valence-electron chi connectivity index (χ3n) is 3.30. The first-order valence-corrected chi connectivity index (χ1v) is 7.51. The van der Waals surface area contributed by atoms with E-state index in [0.29, 0.717) is 0 Å². The fourth-order valence-electron chi connectivity index (χ4n) is 2.21. The molecule has 0 unspecified atom stereocenters. The van der Waals surface area contributed by atoms with Crippen LogP contribution < -0.4 is 10.6 Å². The zero-order valence-electron chi connectivity index (χ0n) is 11.9. The van der Waals surface area contributed by atoms with Gasteiger partial charge in [-0.15, -0.1) is 23.7 Å². The number of thiophene rings is 1. The summed E-state index contributed by atoms with van der Waals surface area (Å²) < 4.78 is 5.38. The molecule has 0 aromatic carbocycles. The molecule has 1 aliphatic heterocycles. The van der Waals surface area contributed by atoms with E-state index in [1.54, 1.807) is 13.2 Å². The maximum Gasteiger partial charge on any atom is 0.244 e. The van der Waals surface area contributed by atoms with Crippen molar-refractivity contribution in [3.8, 4) is 0 Å². The van der Waals surface area contributed by atoms with Gasteiger partial charge in [0.25, 0.3) is 0 Å². The van der Waals surface area contributed by atoms with Gasteiger partial charge in [-0.3, -0.25) is 4.79 Å². The molecule has 2 rings (SSSR count). The monoisotopic (exact) mass is 332 g/mol. The van der Waals surface area contributed by atoms with Crippen molar-refractivity contribution in [3.05, 3.63) is 28.0 Å². The minimum Gasteiger partial charge on any atom is -0.392 e. The predicted octanol–water partition coefficient (Wildman–Crippen LogP) is 1.17. The Balaban J connectivity index is 0.00000220. The summed E-state index contributed by atoms with van der Waals surface area (Å²) in [5.41, 5.74) is 0.867. The Kier molecular flexibility index (Phi) is 7.92. The summed E-state index contributed by atoms with van der Waals surface area (Å²) in [6, 6.07) is 1.87. The van der Waals surface area contributed by atoms with Gasteiger partial charge < -0.3 is 20.5 Å². The number of piperidine rings is 1. The van der Waals surface area contributed by atoms with Crippen molar-refractivity contribution >= 4 is 35.7 Å². The third kappa shape index (κ3) is 5.41. The molecule has 0 saturated carbocycles. The Morgan fingerprint density at radius 1 is 1.67 bits per heavy atom. The lowest BCUT2D eigenvalue weighted by Crippen LogP contribution is -2.54. The number of aliphatic hydroxyl groups excluding tert-OH is 1. The molecular formula is C14H21ClN2O3S. The fourth-order valence-corrected chi connectivity index (χ4v) is 3.01. The van der Waals surface area contributed by atoms with Gasteiger partial charge in [-0.1, -0.05) is 0 Å². The van der Waals surface area contributed by atoms with Crippen LogP contribution in [0.2, 0.25) is 0 Å². The van der Waals surface area contributed by atoms with Crippen LogP contribution in [0, 0.1) is 0 Å². The van der Waals surface area contributed by atoms with E-state index in [1.807, 2.05) is 11.4 Å². The van der Waals surface area contributed by atoms with Crippen molar-refractivity contribution in [2.45, 2.75) is 25.2 Å². The summed E-state index contributed by atoms with van der Waals surface area (Å²) in [6.45, 7) is 1.67. The molecule has 2 heterocycles. The Morgan fingerprint density at radius 3 is 3.14 bits per heavy atom. The number of carbonyl (C=O) groups is 1. The lowest BCUT2D eigenvalue weighted by atomic mass is 10.0. The summed E-state index contributed by atoms with van der Waals surface area (Å²) in [4.78, 5) is 12.8. The molecule has 5 nitrogen and oxygen atoms in total. The lowest BCUT2D eigenvalue weighted by molar-refractivity contribution is -0.118. The topological polar surface area (TPSA) is 70.6 Å². The van der Waals surface area contributed by atoms with E-state index in [0.717, 1.165) is 30.0 Å². The lowest BCUT2D eigenvalue weighted by Gasteiger charge is -2.31. The van der Waals surface area contributed by atoms with Crippen molar-refractivity contribution < 1.29 is 14.6 Å². The maximum absolute atomic E-state index is 11.9. The van der Waals surface area contributed by atoms with Crippen molar-refractivity contribution in [2.24, 2.45) is 0 Å². The van der Waals surface area contributed by atoms with E-state index in [4.69, 9.17) is 9.84 Å². The molecule has 118 valence electrons. The summed E-state index contributed by atoms with van der Waals surface area (Å²) >= 11 is 1.50. The van der Waals surface area contributed by atoms with Crippen LogP contribution in [0.4, 0.5) is 0 Å². The fraction of sp³-hybridized carbons (Fsp3) is 0.500. The second-order valence-electron chi connectivity index (χ2n) is 4.73. The zero-order valence-corrected chi connectivity index (χ0v) is 13.5. The minimum absolute atomic E-state index is 0. The first-order chi connectivity index (χ1) is 9.72. The summed E-state index contributed by atoms with van der Waals surface area (Å²) in [5.74, 6) is -0.125. The maximum atomic E-state index is 11.9. The van der Waals surface area contributed by atoms with Gasteiger partial charge in [-0.25, -0.2) is 0 Å². The van der Waals surface area contributed by atoms with Crippen molar-refractivity contribution in [1.82, 2.24) is 10.6 Å². The van der Waals surface area contributed by atoms with E-state index >= 15 is 0 Å². The van der Waals surface area contributed by atoms with Gasteiger partial charge in [-0.05, 0) is 36.1 Å². The van der Waals surface area contributed by atoms with Gasteiger partial charge in [0, 0.05) is 24.6 Å². The average molecular weight is 333 g/mol. The minimum atomic E-state index is -0.125. The highest BCUT2D eigenvalue weighted by molar-refractivity contribution is 7.11. The standard InChI is InChI=1S/C14H20N2O3S.ClH/c1-19-13-4-5-15-7-12(13)16-14(18)3-2-11-6-10(8-17)9-20-11;/h2-3,6,9,12-13,15,17H,4-5,7-8H2,1H3,(H,16,18);1H/b3-2+;/t12-,13+;/m0./s1. The van der Waals surface area contributed by atoms with Crippen LogP contribution in [0.5, 0.6) is 0 Å². The van der Waals surface area contributed by atoms with Crippen LogP contribution in [0.25, 0.3) is 6.08 Å². The van der Waals surface area contributed by atoms with E-state index in [9.17, 15) is 4.79 Å². The third-order valence-corrected chi connectivity index (χ3v) is 4.25. The SMILES string of the molecule is CO[C@@H]1CCNC[C@@H]1NC(=O)/C=C/c1cc(CO)cs1.Cl. The van der Waals surface area contributed by atoms with Gasteiger partial charge in [0.05, 0.1) is 18.8 Å². The van der Waals surface area contributed by atoms with Gasteiger partial charge in [0.2, 0.25) is 5.91 Å². The highest BCUT2D eigenvalue weighted by atomic mass is 35.5. The van der Waals surface area contributed by atoms with Gasteiger partial charge >= 0.3 is 0 Å². The first-order valence-electron chi connectivity index (χ1n) is 6.63. The largest absolute Gasteiger partial charge is 0.392 e. The number of ether oxygens (including phenoxy) is 1. The number of hydrogen-bond acceptors (Lipinski definition) is 5. The Morgan fingerprint density at radius 2 is 2.48 bits per heavy atom. The van der Waals surface area contributed by atoms with Crippen LogP contribution in [-0.4, -0.2) is 43.4 Å². The Labute approximate surface area is 134 Å². The number of halogens is 1. The molecule has 0 bridgehead atoms. The summed E-state index contributed by atoms with van der Waals surface area (Å²) in [5, 5.41) is 17.1. The quantitative estimate of drug-likeness (QED) is 0.708. The number of methoxy groups -OCH3 is 1. The van der Waals surface area contributed by atoms with E-state index in [1.165, 1.54) is 17.4 Å². The second kappa shape index (κ2) is 9.17. The smallest absolute Gasteiger partial charge is 0.244 e. The molecule has 1 aliphatic rings. The molecule has 2 atom stereocenters. The van der Waals surface area contributed by atoms with Crippen molar-refractivity contribution in [2.75, 3.05) is 20.2 Å². The Bertz CT molecular complexity index is 479. The van der Waals surface area contributed by atoms with Crippen molar-refractivity contribution in [1.29, 1.82) is 0 Å². The second-order valence-corrected chi connectivity index (χ2v) is 5.67. The molecule has 1 fully saturated rings. The molecular weight excluding hydrogens is 312 g/mol. The first kappa shape index (κ1) is 18.1. The summed E-state index contributed by atoms with van der Waals surface area (Å²) in [6.07, 6.45) is 4.25. The number of nitrogens with one attached hydrogen (secondary N) is 2. The number of rotatable bonds is 5. The number of carbonyl (C=O) groups excluding carboxylic acids is 1. The predicted molar refractivity (Wildman–Crippen MR) is 86.7 cm³/mol. The number of amides is 1. The van der Waals surface area contributed by atoms with E-state index in [-0.39, 0.29) is 37.1 Å². The zero-order chi connectivity index (χ0) is 14.4. The van der Waals surface area contributed by atoms with E-state index in [2.05, 4.69) is 10.6 Å². The summed E-state index contributed by atoms with van der Waals surface area (Å²) in [7, 11) is 1.67. The number of aliphatic hydroxyl groups is 1. The molecule has 0 aliphatic carbocycles. The highest BCUT2D eigenvalue weighted by Crippen LogP contribution is 2.16. The molecule has 3 N–H and O–H groups in total. The van der Waals surface area contributed by atoms with Crippen LogP contribution in [0.15, 0.2) is 17.5 Å². The molecule has 7 heteroatoms. The van der Waals surface area contributed by atoms with Crippen LogP contribution >= 0.6 is 23.7 Å². The van der Waals surface area contributed by atoms with E-state index < -0.39 is 0 Å². The van der Waals surface area contributed by atoms with Crippen molar-refractivity contribution in [3.63, 3.8) is 0 Å². The van der Waals surface area contributed by atoms with Gasteiger partial charge in [0.15, 0.2) is 0 Å². The molecule has 21 heavy (non-hydrogen) atoms. The molecule has 0 radical (unpaired) electrons. The number of hydrogen-bond donors (Lipinski definition) is 3. The molecule has 0 spiro atoms. The molecule has 1 aromatic rings.